The second-order valence-electron chi connectivity index (χ2n) is 14.2. The number of alkyl halides is 6. The van der Waals surface area contributed by atoms with Gasteiger partial charge in [0.2, 0.25) is 21.6 Å². The first-order chi connectivity index (χ1) is 31.3. The molecule has 5 N–H and O–H groups in total. The summed E-state index contributed by atoms with van der Waals surface area (Å²) in [6.45, 7) is 3.21. The average molecular weight is 1120 g/mol. The van der Waals surface area contributed by atoms with E-state index in [0.29, 0.717) is 28.9 Å². The zero-order chi connectivity index (χ0) is 50.9. The number of hydrogen-bond donors (Lipinski definition) is 4. The lowest BCUT2D eigenvalue weighted by Crippen LogP contribution is -2.18. The standard InChI is InChI=1S/C21H16Cl2F3N3O5S2.C20H14Cl2F3N3O3S.2CH4/c1-11-3-4-13(28-35(2,31)32)8-15(11)20(30)19-18(7-12(22)10-27-19)29-36(33,34)14-5-6-17(23)16(9-14)21(24,25)26;1-10-2-3-12(26)7-14(10)19(29)18-17(6-11(21)9-27-18)28-32(30,31)13-4-5-16(22)15(8-13)20(23,24)25;;/h3-10,28-29H,1-2H3;2-9,28H,26H2,1H3;2*1H4. The number of benzene rings is 4. The van der Waals surface area contributed by atoms with Gasteiger partial charge < -0.3 is 5.73 Å². The molecule has 0 aliphatic heterocycles. The molecule has 2 heterocycles. The summed E-state index contributed by atoms with van der Waals surface area (Å²) < 4.78 is 160. The SMILES string of the molecule is C.C.Cc1ccc(N)cc1C(=O)c1ncc(Cl)cc1NS(=O)(=O)c1ccc(Cl)c(C(F)(F)F)c1.Cc1ccc(NS(C)(=O)=O)cc1C(=O)c1ncc(Cl)cc1NS(=O)(=O)c1ccc(Cl)c(C(F)(F)F)c1. The summed E-state index contributed by atoms with van der Waals surface area (Å²) in [7, 11) is -12.9. The Kier molecular flexibility index (Phi) is 18.6. The third-order valence-electron chi connectivity index (χ3n) is 9.03. The van der Waals surface area contributed by atoms with Gasteiger partial charge in [0.15, 0.2) is 0 Å². The van der Waals surface area contributed by atoms with Crippen molar-refractivity contribution in [3.8, 4) is 0 Å². The minimum atomic E-state index is -4.91. The highest BCUT2D eigenvalue weighted by atomic mass is 35.5. The summed E-state index contributed by atoms with van der Waals surface area (Å²) in [4.78, 5) is 32.7. The molecule has 27 heteroatoms. The van der Waals surface area contributed by atoms with E-state index in [2.05, 4.69) is 19.4 Å². The van der Waals surface area contributed by atoms with Crippen LogP contribution >= 0.6 is 46.4 Å². The van der Waals surface area contributed by atoms with Gasteiger partial charge in [0.05, 0.1) is 58.6 Å². The number of rotatable bonds is 12. The summed E-state index contributed by atoms with van der Waals surface area (Å²) in [5, 5.41) is -1.43. The van der Waals surface area contributed by atoms with Gasteiger partial charge in [-0.15, -0.1) is 0 Å². The number of pyridine rings is 2. The summed E-state index contributed by atoms with van der Waals surface area (Å²) >= 11 is 23.0. The number of carbonyl (C=O) groups is 2. The lowest BCUT2D eigenvalue weighted by molar-refractivity contribution is -0.138. The van der Waals surface area contributed by atoms with E-state index in [9.17, 15) is 61.2 Å². The summed E-state index contributed by atoms with van der Waals surface area (Å²) in [6, 6.07) is 15.0. The summed E-state index contributed by atoms with van der Waals surface area (Å²) in [6.07, 6.45) is -6.65. The highest BCUT2D eigenvalue weighted by Gasteiger charge is 2.36. The predicted molar refractivity (Wildman–Crippen MR) is 259 cm³/mol. The fraction of sp³-hybridized carbons (Fsp3) is 0.163. The van der Waals surface area contributed by atoms with Crippen molar-refractivity contribution in [1.29, 1.82) is 0 Å². The molecule has 6 aromatic rings. The van der Waals surface area contributed by atoms with Crippen molar-refractivity contribution in [2.24, 2.45) is 0 Å². The highest BCUT2D eigenvalue weighted by molar-refractivity contribution is 7.93. The van der Waals surface area contributed by atoms with Gasteiger partial charge in [-0.3, -0.25) is 23.8 Å². The molecule has 0 atom stereocenters. The number of carbonyl (C=O) groups excluding carboxylic acids is 2. The average Bonchev–Trinajstić information content (AvgIpc) is 3.21. The van der Waals surface area contributed by atoms with Crippen molar-refractivity contribution < 1.29 is 61.2 Å². The van der Waals surface area contributed by atoms with Gasteiger partial charge in [-0.2, -0.15) is 26.3 Å². The number of aromatic nitrogens is 2. The quantitative estimate of drug-likeness (QED) is 0.0512. The van der Waals surface area contributed by atoms with Crippen LogP contribution in [0.2, 0.25) is 20.1 Å². The maximum Gasteiger partial charge on any atom is 0.417 e. The molecule has 14 nitrogen and oxygen atoms in total. The number of anilines is 4. The number of halogens is 10. The third-order valence-corrected chi connectivity index (χ3v) is 13.4. The minimum Gasteiger partial charge on any atom is -0.399 e. The van der Waals surface area contributed by atoms with Gasteiger partial charge in [0.25, 0.3) is 20.0 Å². The molecule has 0 aliphatic rings. The Morgan fingerprint density at radius 3 is 1.33 bits per heavy atom. The van der Waals surface area contributed by atoms with E-state index in [-0.39, 0.29) is 53.1 Å². The molecule has 0 amide bonds. The molecule has 0 fully saturated rings. The Morgan fingerprint density at radius 2 is 0.943 bits per heavy atom. The lowest BCUT2D eigenvalue weighted by atomic mass is 10.0. The number of nitrogens with zero attached hydrogens (tertiary/aromatic N) is 2. The van der Waals surface area contributed by atoms with Crippen LogP contribution < -0.4 is 19.9 Å². The number of sulfonamides is 3. The molecule has 0 saturated heterocycles. The molecule has 0 spiro atoms. The fourth-order valence-corrected chi connectivity index (χ4v) is 9.35. The molecule has 0 bridgehead atoms. The van der Waals surface area contributed by atoms with Gasteiger partial charge in [0, 0.05) is 34.9 Å². The number of nitrogens with one attached hydrogen (secondary N) is 3. The Labute approximate surface area is 418 Å². The molecular formula is C43H38Cl4F6N6O8S3. The smallest absolute Gasteiger partial charge is 0.399 e. The molecule has 6 rings (SSSR count). The highest BCUT2D eigenvalue weighted by Crippen LogP contribution is 2.38. The van der Waals surface area contributed by atoms with Crippen molar-refractivity contribution in [3.63, 3.8) is 0 Å². The molecule has 0 unspecified atom stereocenters. The van der Waals surface area contributed by atoms with Crippen LogP contribution in [0.1, 0.15) is 69.2 Å². The van der Waals surface area contributed by atoms with Crippen LogP contribution in [0, 0.1) is 13.8 Å². The molecule has 376 valence electrons. The Hall–Kier alpha value is -5.69. The van der Waals surface area contributed by atoms with Gasteiger partial charge in [-0.25, -0.2) is 35.2 Å². The van der Waals surface area contributed by atoms with E-state index in [0.717, 1.165) is 55.0 Å². The number of hydrogen-bond acceptors (Lipinski definition) is 11. The van der Waals surface area contributed by atoms with Crippen molar-refractivity contribution >= 4 is 111 Å². The van der Waals surface area contributed by atoms with Crippen LogP contribution in [-0.4, -0.2) is 53.0 Å². The number of nitrogen functional groups attached to an aromatic ring is 1. The number of ketones is 2. The van der Waals surface area contributed by atoms with E-state index >= 15 is 0 Å². The molecule has 2 aromatic heterocycles. The van der Waals surface area contributed by atoms with E-state index in [1.807, 2.05) is 4.72 Å². The van der Waals surface area contributed by atoms with Crippen molar-refractivity contribution in [1.82, 2.24) is 9.97 Å². The largest absolute Gasteiger partial charge is 0.417 e. The minimum absolute atomic E-state index is 0. The van der Waals surface area contributed by atoms with Crippen molar-refractivity contribution in [3.05, 3.63) is 162 Å². The van der Waals surface area contributed by atoms with Crippen LogP contribution in [0.4, 0.5) is 49.1 Å². The summed E-state index contributed by atoms with van der Waals surface area (Å²) in [5.41, 5.74) is 3.11. The number of nitrogens with two attached hydrogens (primary N) is 1. The monoisotopic (exact) mass is 1120 g/mol. The van der Waals surface area contributed by atoms with Crippen LogP contribution in [-0.2, 0) is 42.4 Å². The lowest BCUT2D eigenvalue weighted by Gasteiger charge is -2.15. The maximum absolute atomic E-state index is 13.3. The van der Waals surface area contributed by atoms with Crippen LogP contribution in [0.3, 0.4) is 0 Å². The molecule has 4 aromatic carbocycles. The molecular weight excluding hydrogens is 1080 g/mol. The fourth-order valence-electron chi connectivity index (χ4n) is 5.86. The maximum atomic E-state index is 13.3. The van der Waals surface area contributed by atoms with Gasteiger partial charge >= 0.3 is 12.4 Å². The van der Waals surface area contributed by atoms with Gasteiger partial charge in [-0.05, 0) is 97.8 Å². The zero-order valence-electron chi connectivity index (χ0n) is 34.5. The first kappa shape index (κ1) is 58.6. The molecule has 70 heavy (non-hydrogen) atoms. The van der Waals surface area contributed by atoms with Gasteiger partial charge in [-0.1, -0.05) is 73.4 Å². The summed E-state index contributed by atoms with van der Waals surface area (Å²) in [5.74, 6) is -1.46. The predicted octanol–water partition coefficient (Wildman–Crippen LogP) is 11.7. The zero-order valence-corrected chi connectivity index (χ0v) is 40.0. The van der Waals surface area contributed by atoms with Crippen LogP contribution in [0.15, 0.2) is 107 Å². The Bertz CT molecular complexity index is 3350. The van der Waals surface area contributed by atoms with Crippen molar-refractivity contribution in [2.45, 2.75) is 50.8 Å². The topological polar surface area (TPSA) is 224 Å². The van der Waals surface area contributed by atoms with Crippen LogP contribution in [0.25, 0.3) is 0 Å². The van der Waals surface area contributed by atoms with Crippen LogP contribution in [0.5, 0.6) is 0 Å². The molecule has 0 radical (unpaired) electrons. The Balaban J connectivity index is 0.000000362. The van der Waals surface area contributed by atoms with E-state index < -0.39 is 96.3 Å². The second kappa shape index (κ2) is 22.2. The normalized spacial score (nSPS) is 11.8. The van der Waals surface area contributed by atoms with E-state index in [1.165, 1.54) is 24.3 Å². The Morgan fingerprint density at radius 1 is 0.557 bits per heavy atom. The molecule has 0 saturated carbocycles. The molecule has 0 aliphatic carbocycles. The third kappa shape index (κ3) is 14.5. The first-order valence-corrected chi connectivity index (χ1v) is 24.8. The van der Waals surface area contributed by atoms with E-state index in [4.69, 9.17) is 52.1 Å². The van der Waals surface area contributed by atoms with Gasteiger partial charge in [0.1, 0.15) is 11.4 Å². The van der Waals surface area contributed by atoms with E-state index in [1.54, 1.807) is 26.0 Å². The van der Waals surface area contributed by atoms with Crippen molar-refractivity contribution in [2.75, 3.05) is 26.2 Å². The second-order valence-corrected chi connectivity index (χ2v) is 21.0. The number of aryl methyl sites for hydroxylation is 2. The first-order valence-electron chi connectivity index (χ1n) is 18.4.